The molecule has 1 amide bonds. The van der Waals surface area contributed by atoms with Crippen molar-refractivity contribution in [2.45, 2.75) is 13.5 Å². The molecule has 0 aliphatic heterocycles. The van der Waals surface area contributed by atoms with Crippen molar-refractivity contribution in [3.8, 4) is 0 Å². The van der Waals surface area contributed by atoms with Crippen molar-refractivity contribution in [1.82, 2.24) is 4.57 Å². The normalized spacial score (nSPS) is 10.4. The molecule has 0 atom stereocenters. The van der Waals surface area contributed by atoms with E-state index in [9.17, 15) is 9.59 Å². The molecule has 0 fully saturated rings. The highest BCUT2D eigenvalue weighted by atomic mass is 79.9. The van der Waals surface area contributed by atoms with Crippen LogP contribution in [0.15, 0.2) is 45.8 Å². The maximum atomic E-state index is 12.0. The molecule has 2 rings (SSSR count). The van der Waals surface area contributed by atoms with E-state index in [4.69, 9.17) is 5.73 Å². The number of nitrogens with two attached hydrogens (primary N) is 1. The number of carbonyl (C=O) groups is 1. The summed E-state index contributed by atoms with van der Waals surface area (Å²) in [4.78, 5) is 23.1. The van der Waals surface area contributed by atoms with Gasteiger partial charge in [0.15, 0.2) is 0 Å². The van der Waals surface area contributed by atoms with Gasteiger partial charge in [0.05, 0.1) is 6.54 Å². The number of aromatic nitrogens is 1. The predicted molar refractivity (Wildman–Crippen MR) is 77.2 cm³/mol. The standard InChI is InChI=1S/C14H13BrN2O2/c1-9-5-12(15)8-17(14(9)19)7-10-3-2-4-11(6-10)13(16)18/h2-6,8H,7H2,1H3,(H2,16,18). The van der Waals surface area contributed by atoms with Gasteiger partial charge in [-0.3, -0.25) is 9.59 Å². The number of rotatable bonds is 3. The summed E-state index contributed by atoms with van der Waals surface area (Å²) in [6.45, 7) is 2.17. The molecule has 0 aliphatic carbocycles. The van der Waals surface area contributed by atoms with E-state index < -0.39 is 5.91 Å². The minimum Gasteiger partial charge on any atom is -0.366 e. The van der Waals surface area contributed by atoms with Gasteiger partial charge in [-0.25, -0.2) is 0 Å². The molecule has 0 radical (unpaired) electrons. The lowest BCUT2D eigenvalue weighted by Gasteiger charge is -2.08. The Balaban J connectivity index is 2.39. The fourth-order valence-electron chi connectivity index (χ4n) is 1.88. The van der Waals surface area contributed by atoms with Gasteiger partial charge in [-0.1, -0.05) is 12.1 Å². The zero-order valence-electron chi connectivity index (χ0n) is 10.4. The van der Waals surface area contributed by atoms with Crippen LogP contribution in [0.25, 0.3) is 0 Å². The number of hydrogen-bond donors (Lipinski definition) is 1. The fraction of sp³-hybridized carbons (Fsp3) is 0.143. The predicted octanol–water partition coefficient (Wildman–Crippen LogP) is 2.07. The topological polar surface area (TPSA) is 65.1 Å². The fourth-order valence-corrected chi connectivity index (χ4v) is 2.47. The Hall–Kier alpha value is -1.88. The first-order valence-electron chi connectivity index (χ1n) is 5.72. The van der Waals surface area contributed by atoms with Crippen LogP contribution in [0.1, 0.15) is 21.5 Å². The van der Waals surface area contributed by atoms with Crippen LogP contribution >= 0.6 is 15.9 Å². The van der Waals surface area contributed by atoms with Crippen LogP contribution in [0.3, 0.4) is 0 Å². The molecule has 0 saturated heterocycles. The smallest absolute Gasteiger partial charge is 0.253 e. The summed E-state index contributed by atoms with van der Waals surface area (Å²) >= 11 is 3.36. The molecule has 4 nitrogen and oxygen atoms in total. The largest absolute Gasteiger partial charge is 0.366 e. The second kappa shape index (κ2) is 5.40. The molecule has 1 aromatic heterocycles. The highest BCUT2D eigenvalue weighted by Gasteiger charge is 2.05. The van der Waals surface area contributed by atoms with Crippen molar-refractivity contribution < 1.29 is 4.79 Å². The Kier molecular flexibility index (Phi) is 3.85. The van der Waals surface area contributed by atoms with Gasteiger partial charge in [0.25, 0.3) is 5.56 Å². The number of aryl methyl sites for hydroxylation is 1. The number of nitrogens with zero attached hydrogens (tertiary/aromatic N) is 1. The van der Waals surface area contributed by atoms with Crippen LogP contribution in [-0.2, 0) is 6.54 Å². The maximum absolute atomic E-state index is 12.0. The molecular weight excluding hydrogens is 308 g/mol. The minimum atomic E-state index is -0.473. The van der Waals surface area contributed by atoms with Crippen molar-refractivity contribution in [3.05, 3.63) is 68.0 Å². The van der Waals surface area contributed by atoms with Gasteiger partial charge in [0.1, 0.15) is 0 Å². The third kappa shape index (κ3) is 3.12. The molecule has 1 aromatic carbocycles. The first-order valence-corrected chi connectivity index (χ1v) is 6.52. The number of benzene rings is 1. The second-order valence-electron chi connectivity index (χ2n) is 4.34. The highest BCUT2D eigenvalue weighted by molar-refractivity contribution is 9.10. The van der Waals surface area contributed by atoms with E-state index >= 15 is 0 Å². The van der Waals surface area contributed by atoms with Crippen LogP contribution in [0.4, 0.5) is 0 Å². The zero-order chi connectivity index (χ0) is 14.0. The van der Waals surface area contributed by atoms with E-state index in [-0.39, 0.29) is 5.56 Å². The van der Waals surface area contributed by atoms with Gasteiger partial charge in [-0.15, -0.1) is 0 Å². The molecule has 0 aliphatic rings. The molecular formula is C14H13BrN2O2. The van der Waals surface area contributed by atoms with Gasteiger partial charge in [0.2, 0.25) is 5.91 Å². The summed E-state index contributed by atoms with van der Waals surface area (Å²) in [5, 5.41) is 0. The van der Waals surface area contributed by atoms with Gasteiger partial charge in [-0.05, 0) is 46.6 Å². The molecule has 2 N–H and O–H groups in total. The molecule has 0 spiro atoms. The van der Waals surface area contributed by atoms with E-state index in [2.05, 4.69) is 15.9 Å². The summed E-state index contributed by atoms with van der Waals surface area (Å²) in [7, 11) is 0. The SMILES string of the molecule is Cc1cc(Br)cn(Cc2cccc(C(N)=O)c2)c1=O. The van der Waals surface area contributed by atoms with Crippen molar-refractivity contribution >= 4 is 21.8 Å². The Morgan fingerprint density at radius 1 is 1.37 bits per heavy atom. The third-order valence-corrected chi connectivity index (χ3v) is 3.23. The summed E-state index contributed by atoms with van der Waals surface area (Å²) in [6.07, 6.45) is 1.73. The van der Waals surface area contributed by atoms with Crippen molar-refractivity contribution in [2.24, 2.45) is 5.73 Å². The van der Waals surface area contributed by atoms with Crippen molar-refractivity contribution in [2.75, 3.05) is 0 Å². The molecule has 5 heteroatoms. The number of pyridine rings is 1. The molecule has 2 aromatic rings. The minimum absolute atomic E-state index is 0.0484. The second-order valence-corrected chi connectivity index (χ2v) is 5.25. The van der Waals surface area contributed by atoms with Crippen LogP contribution in [0.5, 0.6) is 0 Å². The van der Waals surface area contributed by atoms with Crippen LogP contribution in [0.2, 0.25) is 0 Å². The Morgan fingerprint density at radius 2 is 2.11 bits per heavy atom. The average Bonchev–Trinajstić information content (AvgIpc) is 2.35. The maximum Gasteiger partial charge on any atom is 0.253 e. The quantitative estimate of drug-likeness (QED) is 0.940. The molecule has 98 valence electrons. The number of hydrogen-bond acceptors (Lipinski definition) is 2. The van der Waals surface area contributed by atoms with Crippen molar-refractivity contribution in [3.63, 3.8) is 0 Å². The van der Waals surface area contributed by atoms with Crippen LogP contribution in [-0.4, -0.2) is 10.5 Å². The number of amides is 1. The monoisotopic (exact) mass is 320 g/mol. The van der Waals surface area contributed by atoms with Gasteiger partial charge in [-0.2, -0.15) is 0 Å². The lowest BCUT2D eigenvalue weighted by Crippen LogP contribution is -2.22. The van der Waals surface area contributed by atoms with Crippen LogP contribution in [0, 0.1) is 6.92 Å². The Morgan fingerprint density at radius 3 is 2.79 bits per heavy atom. The first-order chi connectivity index (χ1) is 8.97. The van der Waals surface area contributed by atoms with Crippen LogP contribution < -0.4 is 11.3 Å². The molecule has 0 unspecified atom stereocenters. The lowest BCUT2D eigenvalue weighted by molar-refractivity contribution is 0.1000. The van der Waals surface area contributed by atoms with E-state index in [1.54, 1.807) is 42.0 Å². The summed E-state index contributed by atoms with van der Waals surface area (Å²) in [6, 6.07) is 8.74. The molecule has 19 heavy (non-hydrogen) atoms. The van der Waals surface area contributed by atoms with E-state index in [1.807, 2.05) is 6.07 Å². The Bertz CT molecular complexity index is 692. The third-order valence-electron chi connectivity index (χ3n) is 2.80. The number of carbonyl (C=O) groups excluding carboxylic acids is 1. The van der Waals surface area contributed by atoms with Crippen molar-refractivity contribution in [1.29, 1.82) is 0 Å². The zero-order valence-corrected chi connectivity index (χ0v) is 12.0. The molecule has 0 saturated carbocycles. The van der Waals surface area contributed by atoms with E-state index in [0.29, 0.717) is 17.7 Å². The summed E-state index contributed by atoms with van der Waals surface area (Å²) in [5.41, 5.74) is 7.16. The summed E-state index contributed by atoms with van der Waals surface area (Å²) in [5.74, 6) is -0.473. The number of primary amides is 1. The highest BCUT2D eigenvalue weighted by Crippen LogP contribution is 2.11. The Labute approximate surface area is 119 Å². The van der Waals surface area contributed by atoms with Gasteiger partial charge < -0.3 is 10.3 Å². The number of halogens is 1. The van der Waals surface area contributed by atoms with Gasteiger partial charge >= 0.3 is 0 Å². The average molecular weight is 321 g/mol. The molecule has 1 heterocycles. The summed E-state index contributed by atoms with van der Waals surface area (Å²) < 4.78 is 2.44. The van der Waals surface area contributed by atoms with Gasteiger partial charge in [0, 0.05) is 21.8 Å². The lowest BCUT2D eigenvalue weighted by atomic mass is 10.1. The first kappa shape index (κ1) is 13.5. The van der Waals surface area contributed by atoms with E-state index in [1.165, 1.54) is 0 Å². The van der Waals surface area contributed by atoms with E-state index in [0.717, 1.165) is 10.0 Å². The molecule has 0 bridgehead atoms.